The topological polar surface area (TPSA) is 81.2 Å². The number of nitrogens with one attached hydrogen (secondary N) is 1. The van der Waals surface area contributed by atoms with E-state index in [0.29, 0.717) is 18.9 Å². The van der Waals surface area contributed by atoms with Crippen molar-refractivity contribution < 1.29 is 13.6 Å². The van der Waals surface area contributed by atoms with Gasteiger partial charge >= 0.3 is 0 Å². The molecule has 1 fully saturated rings. The Hall–Kier alpha value is -1.92. The fraction of sp³-hybridized carbons (Fsp3) is 0.444. The molecule has 136 valence electrons. The Labute approximate surface area is 152 Å². The van der Waals surface area contributed by atoms with Crippen molar-refractivity contribution in [2.75, 3.05) is 6.54 Å². The molecule has 1 saturated carbocycles. The Morgan fingerprint density at radius 1 is 1.32 bits per heavy atom. The summed E-state index contributed by atoms with van der Waals surface area (Å²) in [5, 5.41) is 2.95. The molecule has 3 rings (SSSR count). The van der Waals surface area contributed by atoms with Gasteiger partial charge in [-0.2, -0.15) is 0 Å². The van der Waals surface area contributed by atoms with E-state index in [0.717, 1.165) is 36.9 Å². The fourth-order valence-electron chi connectivity index (χ4n) is 3.07. The maximum Gasteiger partial charge on any atom is 0.226 e. The predicted octanol–water partition coefficient (Wildman–Crippen LogP) is 3.08. The van der Waals surface area contributed by atoms with Gasteiger partial charge in [0.05, 0.1) is 5.69 Å². The molecule has 0 saturated heterocycles. The van der Waals surface area contributed by atoms with Crippen LogP contribution in [0, 0.1) is 11.7 Å². The van der Waals surface area contributed by atoms with Gasteiger partial charge < -0.3 is 15.5 Å². The first-order valence-electron chi connectivity index (χ1n) is 8.35. The van der Waals surface area contributed by atoms with Gasteiger partial charge in [0.25, 0.3) is 0 Å². The van der Waals surface area contributed by atoms with E-state index in [9.17, 15) is 9.18 Å². The molecular weight excluding hydrogens is 345 g/mol. The Morgan fingerprint density at radius 2 is 2.08 bits per heavy atom. The van der Waals surface area contributed by atoms with Gasteiger partial charge in [-0.3, -0.25) is 4.79 Å². The number of hydrogen-bond acceptors (Lipinski definition) is 4. The number of carbonyl (C=O) groups is 1. The molecule has 2 aromatic rings. The fourth-order valence-corrected chi connectivity index (χ4v) is 3.07. The third-order valence-electron chi connectivity index (χ3n) is 4.41. The van der Waals surface area contributed by atoms with Gasteiger partial charge in [0.15, 0.2) is 0 Å². The molecule has 1 aliphatic carbocycles. The molecule has 7 heteroatoms. The van der Waals surface area contributed by atoms with Crippen molar-refractivity contribution in [3.05, 3.63) is 42.0 Å². The number of aromatic nitrogens is 1. The van der Waals surface area contributed by atoms with Gasteiger partial charge in [-0.05, 0) is 43.5 Å². The number of rotatable bonds is 5. The highest BCUT2D eigenvalue weighted by Crippen LogP contribution is 2.23. The lowest BCUT2D eigenvalue weighted by molar-refractivity contribution is -0.126. The summed E-state index contributed by atoms with van der Waals surface area (Å²) in [4.78, 5) is 16.5. The number of amides is 1. The first-order chi connectivity index (χ1) is 11.6. The summed E-state index contributed by atoms with van der Waals surface area (Å²) in [5.74, 6) is 0.262. The van der Waals surface area contributed by atoms with Crippen LogP contribution in [0.5, 0.6) is 0 Å². The Morgan fingerprint density at radius 3 is 2.80 bits per heavy atom. The smallest absolute Gasteiger partial charge is 0.226 e. The van der Waals surface area contributed by atoms with E-state index in [2.05, 4.69) is 10.3 Å². The molecule has 0 radical (unpaired) electrons. The standard InChI is InChI=1S/C18H22FN3O2.ClH/c19-14-6-4-12(5-7-14)18-22-16(11-24-18)8-9-21-17(23)13-2-1-3-15(20)10-13;/h4-7,11,13,15H,1-3,8-10,20H2,(H,21,23);1H. The van der Waals surface area contributed by atoms with E-state index in [1.54, 1.807) is 18.4 Å². The monoisotopic (exact) mass is 367 g/mol. The van der Waals surface area contributed by atoms with Crippen LogP contribution in [0.25, 0.3) is 11.5 Å². The molecule has 0 spiro atoms. The van der Waals surface area contributed by atoms with E-state index >= 15 is 0 Å². The minimum atomic E-state index is -0.296. The molecule has 0 aliphatic heterocycles. The molecule has 25 heavy (non-hydrogen) atoms. The van der Waals surface area contributed by atoms with Crippen molar-refractivity contribution in [2.45, 2.75) is 38.1 Å². The van der Waals surface area contributed by atoms with E-state index in [-0.39, 0.29) is 36.1 Å². The molecule has 1 aromatic heterocycles. The van der Waals surface area contributed by atoms with Gasteiger partial charge in [0.2, 0.25) is 11.8 Å². The normalized spacial score (nSPS) is 19.9. The summed E-state index contributed by atoms with van der Waals surface area (Å²) in [6, 6.07) is 6.13. The zero-order valence-electron chi connectivity index (χ0n) is 13.9. The Bertz CT molecular complexity index is 690. The van der Waals surface area contributed by atoms with Crippen LogP contribution in [0.2, 0.25) is 0 Å². The van der Waals surface area contributed by atoms with Gasteiger partial charge in [0, 0.05) is 30.5 Å². The SMILES string of the molecule is Cl.NC1CCCC(C(=O)NCCc2coc(-c3ccc(F)cc3)n2)C1. The van der Waals surface area contributed by atoms with Crippen molar-refractivity contribution in [1.29, 1.82) is 0 Å². The quantitative estimate of drug-likeness (QED) is 0.850. The number of nitrogens with zero attached hydrogens (tertiary/aromatic N) is 1. The maximum absolute atomic E-state index is 12.9. The number of carbonyl (C=O) groups excluding carboxylic acids is 1. The van der Waals surface area contributed by atoms with E-state index in [1.165, 1.54) is 12.1 Å². The van der Waals surface area contributed by atoms with Crippen LogP contribution in [0.15, 0.2) is 34.9 Å². The van der Waals surface area contributed by atoms with Crippen molar-refractivity contribution in [3.8, 4) is 11.5 Å². The number of hydrogen-bond donors (Lipinski definition) is 2. The van der Waals surface area contributed by atoms with Crippen LogP contribution < -0.4 is 11.1 Å². The minimum Gasteiger partial charge on any atom is -0.444 e. The second-order valence-electron chi connectivity index (χ2n) is 6.32. The predicted molar refractivity (Wildman–Crippen MR) is 95.8 cm³/mol. The third kappa shape index (κ3) is 5.28. The lowest BCUT2D eigenvalue weighted by atomic mass is 9.85. The molecule has 1 aromatic carbocycles. The van der Waals surface area contributed by atoms with Gasteiger partial charge in [0.1, 0.15) is 12.1 Å². The van der Waals surface area contributed by atoms with Crippen molar-refractivity contribution in [1.82, 2.24) is 10.3 Å². The second kappa shape index (κ2) is 8.97. The molecule has 5 nitrogen and oxygen atoms in total. The number of oxazole rings is 1. The molecule has 3 N–H and O–H groups in total. The Kier molecular flexibility index (Phi) is 6.96. The highest BCUT2D eigenvalue weighted by Gasteiger charge is 2.24. The van der Waals surface area contributed by atoms with Gasteiger partial charge in [-0.1, -0.05) is 6.42 Å². The average molecular weight is 368 g/mol. The zero-order chi connectivity index (χ0) is 16.9. The lowest BCUT2D eigenvalue weighted by Gasteiger charge is -2.25. The maximum atomic E-state index is 12.9. The summed E-state index contributed by atoms with van der Waals surface area (Å²) in [5.41, 5.74) is 7.41. The molecule has 1 amide bonds. The van der Waals surface area contributed by atoms with Crippen molar-refractivity contribution in [2.24, 2.45) is 11.7 Å². The largest absolute Gasteiger partial charge is 0.444 e. The van der Waals surface area contributed by atoms with Crippen LogP contribution in [0.3, 0.4) is 0 Å². The summed E-state index contributed by atoms with van der Waals surface area (Å²) >= 11 is 0. The first-order valence-corrected chi connectivity index (χ1v) is 8.35. The van der Waals surface area contributed by atoms with E-state index < -0.39 is 0 Å². The van der Waals surface area contributed by atoms with Crippen LogP contribution in [0.4, 0.5) is 4.39 Å². The molecule has 2 atom stereocenters. The van der Waals surface area contributed by atoms with Crippen LogP contribution in [-0.4, -0.2) is 23.5 Å². The molecule has 1 aliphatic rings. The molecule has 2 unspecified atom stereocenters. The summed E-state index contributed by atoms with van der Waals surface area (Å²) in [7, 11) is 0. The average Bonchev–Trinajstić information content (AvgIpc) is 3.04. The summed E-state index contributed by atoms with van der Waals surface area (Å²) in [6.45, 7) is 0.514. The van der Waals surface area contributed by atoms with Crippen molar-refractivity contribution in [3.63, 3.8) is 0 Å². The molecule has 0 bridgehead atoms. The highest BCUT2D eigenvalue weighted by molar-refractivity contribution is 5.85. The third-order valence-corrected chi connectivity index (χ3v) is 4.41. The molecular formula is C18H23ClFN3O2. The van der Waals surface area contributed by atoms with Gasteiger partial charge in [-0.15, -0.1) is 12.4 Å². The van der Waals surface area contributed by atoms with E-state index in [4.69, 9.17) is 10.2 Å². The highest BCUT2D eigenvalue weighted by atomic mass is 35.5. The van der Waals surface area contributed by atoms with Crippen molar-refractivity contribution >= 4 is 18.3 Å². The van der Waals surface area contributed by atoms with Crippen LogP contribution in [-0.2, 0) is 11.2 Å². The van der Waals surface area contributed by atoms with Crippen LogP contribution in [0.1, 0.15) is 31.4 Å². The minimum absolute atomic E-state index is 0. The summed E-state index contributed by atoms with van der Waals surface area (Å²) in [6.07, 6.45) is 5.87. The lowest BCUT2D eigenvalue weighted by Crippen LogP contribution is -2.38. The first kappa shape index (κ1) is 19.4. The van der Waals surface area contributed by atoms with Crippen LogP contribution >= 0.6 is 12.4 Å². The Balaban J connectivity index is 0.00000225. The van der Waals surface area contributed by atoms with Gasteiger partial charge in [-0.25, -0.2) is 9.37 Å². The zero-order valence-corrected chi connectivity index (χ0v) is 14.7. The number of nitrogens with two attached hydrogens (primary N) is 1. The number of halogens is 2. The number of benzene rings is 1. The second-order valence-corrected chi connectivity index (χ2v) is 6.32. The van der Waals surface area contributed by atoms with E-state index in [1.807, 2.05) is 0 Å². The summed E-state index contributed by atoms with van der Waals surface area (Å²) < 4.78 is 18.3. The molecule has 1 heterocycles.